The number of ether oxygens (including phenoxy) is 1. The van der Waals surface area contributed by atoms with Crippen molar-refractivity contribution < 1.29 is 31.1 Å². The molecule has 0 amide bonds. The van der Waals surface area contributed by atoms with Crippen LogP contribution in [0.3, 0.4) is 0 Å². The summed E-state index contributed by atoms with van der Waals surface area (Å²) in [5, 5.41) is 19.5. The van der Waals surface area contributed by atoms with Crippen molar-refractivity contribution in [1.82, 2.24) is 0 Å². The molecule has 2 rings (SSSR count). The van der Waals surface area contributed by atoms with Crippen molar-refractivity contribution in [2.45, 2.75) is 6.18 Å². The van der Waals surface area contributed by atoms with E-state index in [2.05, 4.69) is 5.32 Å². The second kappa shape index (κ2) is 7.70. The summed E-state index contributed by atoms with van der Waals surface area (Å²) < 4.78 is 84.4. The standard InChI is InChI=1S/C17H7F6N3O/c18-11-2-1-3-14(15(11)26-8-9(6-24)7-25)27-16-12(19)4-10(5-13(16)20)17(21,22)23/h1-5,8,26H. The number of alkyl halides is 3. The zero-order chi connectivity index (χ0) is 20.2. The number of hydrogen-bond acceptors (Lipinski definition) is 4. The fourth-order valence-corrected chi connectivity index (χ4v) is 1.89. The molecule has 0 aromatic heterocycles. The maximum absolute atomic E-state index is 14.0. The van der Waals surface area contributed by atoms with Crippen molar-refractivity contribution in [3.8, 4) is 23.6 Å². The predicted molar refractivity (Wildman–Crippen MR) is 80.8 cm³/mol. The summed E-state index contributed by atoms with van der Waals surface area (Å²) in [7, 11) is 0. The van der Waals surface area contributed by atoms with Crippen molar-refractivity contribution in [2.75, 3.05) is 5.32 Å². The second-order valence-electron chi connectivity index (χ2n) is 4.91. The van der Waals surface area contributed by atoms with Gasteiger partial charge < -0.3 is 10.1 Å². The lowest BCUT2D eigenvalue weighted by molar-refractivity contribution is -0.138. The van der Waals surface area contributed by atoms with E-state index in [0.717, 1.165) is 24.4 Å². The molecule has 2 aromatic carbocycles. The Labute approximate surface area is 148 Å². The molecular formula is C17H7F6N3O. The number of nitrogens with zero attached hydrogens (tertiary/aromatic N) is 2. The molecule has 0 bridgehead atoms. The quantitative estimate of drug-likeness (QED) is 0.578. The fraction of sp³-hybridized carbons (Fsp3) is 0.0588. The van der Waals surface area contributed by atoms with Crippen LogP contribution in [0.1, 0.15) is 5.56 Å². The van der Waals surface area contributed by atoms with Crippen molar-refractivity contribution in [3.05, 3.63) is 65.1 Å². The summed E-state index contributed by atoms with van der Waals surface area (Å²) >= 11 is 0. The fourth-order valence-electron chi connectivity index (χ4n) is 1.89. The number of para-hydroxylation sites is 1. The molecule has 138 valence electrons. The molecule has 0 saturated heterocycles. The SMILES string of the molecule is N#CC(C#N)=CNc1c(F)cccc1Oc1c(F)cc(C(F)(F)F)cc1F. The molecule has 27 heavy (non-hydrogen) atoms. The Balaban J connectivity index is 2.45. The van der Waals surface area contributed by atoms with Gasteiger partial charge in [-0.3, -0.25) is 0 Å². The van der Waals surface area contributed by atoms with Crippen molar-refractivity contribution >= 4 is 5.69 Å². The van der Waals surface area contributed by atoms with Crippen LogP contribution in [-0.4, -0.2) is 0 Å². The molecule has 0 atom stereocenters. The molecule has 0 radical (unpaired) electrons. The summed E-state index contributed by atoms with van der Waals surface area (Å²) in [6.45, 7) is 0. The number of benzene rings is 2. The summed E-state index contributed by atoms with van der Waals surface area (Å²) in [5.74, 6) is -5.93. The number of rotatable bonds is 4. The first-order chi connectivity index (χ1) is 12.7. The lowest BCUT2D eigenvalue weighted by Gasteiger charge is -2.14. The van der Waals surface area contributed by atoms with E-state index in [9.17, 15) is 26.3 Å². The molecule has 0 saturated carbocycles. The first-order valence-electron chi connectivity index (χ1n) is 6.97. The topological polar surface area (TPSA) is 68.8 Å². The lowest BCUT2D eigenvalue weighted by Crippen LogP contribution is -2.07. The smallest absolute Gasteiger partial charge is 0.416 e. The van der Waals surface area contributed by atoms with E-state index in [-0.39, 0.29) is 12.1 Å². The molecule has 0 unspecified atom stereocenters. The first-order valence-corrected chi connectivity index (χ1v) is 6.97. The van der Waals surface area contributed by atoms with E-state index in [0.29, 0.717) is 0 Å². The molecule has 0 aliphatic rings. The van der Waals surface area contributed by atoms with E-state index < -0.39 is 52.0 Å². The van der Waals surface area contributed by atoms with Crippen LogP contribution in [0.2, 0.25) is 0 Å². The van der Waals surface area contributed by atoms with Gasteiger partial charge in [0, 0.05) is 6.20 Å². The molecule has 4 nitrogen and oxygen atoms in total. The minimum Gasteiger partial charge on any atom is -0.449 e. The molecule has 0 fully saturated rings. The monoisotopic (exact) mass is 383 g/mol. The Morgan fingerprint density at radius 1 is 1.00 bits per heavy atom. The van der Waals surface area contributed by atoms with Crippen molar-refractivity contribution in [1.29, 1.82) is 10.5 Å². The zero-order valence-electron chi connectivity index (χ0n) is 13.0. The molecule has 0 heterocycles. The van der Waals surface area contributed by atoms with E-state index >= 15 is 0 Å². The number of allylic oxidation sites excluding steroid dienone is 1. The Hall–Kier alpha value is -3.66. The van der Waals surface area contributed by atoms with Crippen LogP contribution in [0, 0.1) is 40.1 Å². The molecule has 10 heteroatoms. The molecule has 0 spiro atoms. The van der Waals surface area contributed by atoms with Crippen LogP contribution < -0.4 is 10.1 Å². The molecule has 2 aromatic rings. The average Bonchev–Trinajstić information content (AvgIpc) is 2.59. The Morgan fingerprint density at radius 3 is 2.11 bits per heavy atom. The van der Waals surface area contributed by atoms with E-state index in [1.54, 1.807) is 0 Å². The van der Waals surface area contributed by atoms with Gasteiger partial charge in [-0.05, 0) is 24.3 Å². The second-order valence-corrected chi connectivity index (χ2v) is 4.91. The summed E-state index contributed by atoms with van der Waals surface area (Å²) in [6, 6.07) is 6.21. The summed E-state index contributed by atoms with van der Waals surface area (Å²) in [5.41, 5.74) is -2.48. The van der Waals surface area contributed by atoms with Gasteiger partial charge in [0.1, 0.15) is 29.2 Å². The van der Waals surface area contributed by atoms with E-state index in [1.165, 1.54) is 12.1 Å². The highest BCUT2D eigenvalue weighted by atomic mass is 19.4. The van der Waals surface area contributed by atoms with Crippen LogP contribution in [-0.2, 0) is 6.18 Å². The van der Waals surface area contributed by atoms with Crippen LogP contribution in [0.15, 0.2) is 42.1 Å². The third-order valence-corrected chi connectivity index (χ3v) is 3.11. The van der Waals surface area contributed by atoms with Gasteiger partial charge in [-0.25, -0.2) is 13.2 Å². The molecular weight excluding hydrogens is 376 g/mol. The number of nitriles is 2. The van der Waals surface area contributed by atoms with Crippen molar-refractivity contribution in [3.63, 3.8) is 0 Å². The summed E-state index contributed by atoms with van der Waals surface area (Å²) in [6.07, 6.45) is -4.15. The van der Waals surface area contributed by atoms with Crippen LogP contribution in [0.25, 0.3) is 0 Å². The van der Waals surface area contributed by atoms with Gasteiger partial charge in [0.15, 0.2) is 23.1 Å². The Morgan fingerprint density at radius 2 is 1.59 bits per heavy atom. The molecule has 1 N–H and O–H groups in total. The van der Waals surface area contributed by atoms with Gasteiger partial charge in [-0.2, -0.15) is 23.7 Å². The van der Waals surface area contributed by atoms with Crippen LogP contribution >= 0.6 is 0 Å². The third-order valence-electron chi connectivity index (χ3n) is 3.11. The largest absolute Gasteiger partial charge is 0.449 e. The summed E-state index contributed by atoms with van der Waals surface area (Å²) in [4.78, 5) is 0. The maximum atomic E-state index is 14.0. The van der Waals surface area contributed by atoms with Gasteiger partial charge in [0.2, 0.25) is 0 Å². The average molecular weight is 383 g/mol. The maximum Gasteiger partial charge on any atom is 0.416 e. The lowest BCUT2D eigenvalue weighted by atomic mass is 10.2. The first kappa shape index (κ1) is 19.7. The zero-order valence-corrected chi connectivity index (χ0v) is 13.0. The third kappa shape index (κ3) is 4.50. The number of nitrogens with one attached hydrogen (secondary N) is 1. The highest BCUT2D eigenvalue weighted by Gasteiger charge is 2.33. The van der Waals surface area contributed by atoms with Gasteiger partial charge >= 0.3 is 6.18 Å². The number of halogens is 6. The highest BCUT2D eigenvalue weighted by Crippen LogP contribution is 2.38. The Kier molecular flexibility index (Phi) is 5.61. The van der Waals surface area contributed by atoms with Crippen molar-refractivity contribution in [2.24, 2.45) is 0 Å². The van der Waals surface area contributed by atoms with E-state index in [4.69, 9.17) is 15.3 Å². The Bertz CT molecular complexity index is 947. The van der Waals surface area contributed by atoms with Gasteiger partial charge in [0.25, 0.3) is 0 Å². The molecule has 0 aliphatic heterocycles. The van der Waals surface area contributed by atoms with Crippen LogP contribution in [0.5, 0.6) is 11.5 Å². The van der Waals surface area contributed by atoms with Crippen LogP contribution in [0.4, 0.5) is 32.0 Å². The number of anilines is 1. The predicted octanol–water partition coefficient (Wildman–Crippen LogP) is 5.26. The van der Waals surface area contributed by atoms with Gasteiger partial charge in [-0.15, -0.1) is 0 Å². The van der Waals surface area contributed by atoms with E-state index in [1.807, 2.05) is 0 Å². The van der Waals surface area contributed by atoms with Gasteiger partial charge in [-0.1, -0.05) is 6.07 Å². The normalized spacial score (nSPS) is 10.5. The van der Waals surface area contributed by atoms with Gasteiger partial charge in [0.05, 0.1) is 5.56 Å². The highest BCUT2D eigenvalue weighted by molar-refractivity contribution is 5.61. The minimum absolute atomic E-state index is 0.0359. The number of hydrogen-bond donors (Lipinski definition) is 1. The molecule has 0 aliphatic carbocycles. The minimum atomic E-state index is -4.97.